The smallest absolute Gasteiger partial charge is 0.249 e. The van der Waals surface area contributed by atoms with Crippen molar-refractivity contribution >= 4 is 5.70 Å². The van der Waals surface area contributed by atoms with E-state index in [2.05, 4.69) is 108 Å². The molecule has 3 heteroatoms. The number of pyridine rings is 2. The molecular weight excluding hydrogens is 416 g/mol. The summed E-state index contributed by atoms with van der Waals surface area (Å²) in [6.07, 6.45) is 5.32. The van der Waals surface area contributed by atoms with Crippen LogP contribution in [0.25, 0.3) is 28.2 Å². The summed E-state index contributed by atoms with van der Waals surface area (Å²) in [5, 5.41) is 0. The first-order chi connectivity index (χ1) is 16.6. The molecule has 0 N–H and O–H groups in total. The van der Waals surface area contributed by atoms with E-state index in [9.17, 15) is 0 Å². The molecule has 6 rings (SSSR count). The van der Waals surface area contributed by atoms with Crippen molar-refractivity contribution in [3.8, 4) is 28.3 Å². The number of allylic oxidation sites excluding steroid dienone is 1. The molecule has 0 radical (unpaired) electrons. The van der Waals surface area contributed by atoms with Gasteiger partial charge in [-0.15, -0.1) is 0 Å². The van der Waals surface area contributed by atoms with E-state index < -0.39 is 0 Å². The Morgan fingerprint density at radius 3 is 2.47 bits per heavy atom. The van der Waals surface area contributed by atoms with Gasteiger partial charge in [-0.2, -0.15) is 9.13 Å². The van der Waals surface area contributed by atoms with Gasteiger partial charge in [-0.05, 0) is 54.3 Å². The van der Waals surface area contributed by atoms with Crippen molar-refractivity contribution in [1.82, 2.24) is 0 Å². The Kier molecular flexibility index (Phi) is 5.06. The molecule has 2 aliphatic rings. The average molecular weight is 447 g/mol. The average Bonchev–Trinajstić information content (AvgIpc) is 2.88. The van der Waals surface area contributed by atoms with E-state index in [-0.39, 0.29) is 12.0 Å². The van der Waals surface area contributed by atoms with Crippen molar-refractivity contribution in [2.75, 3.05) is 6.61 Å². The summed E-state index contributed by atoms with van der Waals surface area (Å²) in [6, 6.07) is 28.3. The van der Waals surface area contributed by atoms with E-state index in [1.165, 1.54) is 22.4 Å². The lowest BCUT2D eigenvalue weighted by molar-refractivity contribution is -0.727. The zero-order chi connectivity index (χ0) is 23.2. The van der Waals surface area contributed by atoms with Crippen LogP contribution >= 0.6 is 0 Å². The van der Waals surface area contributed by atoms with E-state index in [1.807, 2.05) is 6.07 Å². The highest BCUT2D eigenvalue weighted by atomic mass is 16.5. The molecular formula is C31H30N2O+2. The third kappa shape index (κ3) is 3.27. The highest BCUT2D eigenvalue weighted by molar-refractivity contribution is 5.68. The van der Waals surface area contributed by atoms with Gasteiger partial charge in [-0.1, -0.05) is 44.2 Å². The molecule has 2 aromatic carbocycles. The van der Waals surface area contributed by atoms with Crippen LogP contribution in [0.4, 0.5) is 0 Å². The van der Waals surface area contributed by atoms with Gasteiger partial charge in [0.2, 0.25) is 23.1 Å². The van der Waals surface area contributed by atoms with Gasteiger partial charge < -0.3 is 4.74 Å². The fourth-order valence-electron chi connectivity index (χ4n) is 5.62. The molecule has 2 unspecified atom stereocenters. The van der Waals surface area contributed by atoms with Gasteiger partial charge in [-0.3, -0.25) is 0 Å². The summed E-state index contributed by atoms with van der Waals surface area (Å²) < 4.78 is 11.1. The Bertz CT molecular complexity index is 1400. The molecule has 2 atom stereocenters. The number of hydrogen-bond donors (Lipinski definition) is 0. The van der Waals surface area contributed by atoms with Crippen molar-refractivity contribution < 1.29 is 13.9 Å². The fraction of sp³-hybridized carbons (Fsp3) is 0.226. The van der Waals surface area contributed by atoms with Crippen molar-refractivity contribution in [3.63, 3.8) is 0 Å². The van der Waals surface area contributed by atoms with Gasteiger partial charge in [0.05, 0.1) is 18.1 Å². The van der Waals surface area contributed by atoms with E-state index in [0.29, 0.717) is 12.5 Å². The van der Waals surface area contributed by atoms with Crippen LogP contribution in [0.15, 0.2) is 97.8 Å². The highest BCUT2D eigenvalue weighted by Crippen LogP contribution is 2.44. The molecule has 0 spiro atoms. The minimum atomic E-state index is 0.0890. The minimum absolute atomic E-state index is 0.0890. The summed E-state index contributed by atoms with van der Waals surface area (Å²) >= 11 is 0. The minimum Gasteiger partial charge on any atom is -0.493 e. The number of fused-ring (bicyclic) bond motifs is 9. The number of para-hydroxylation sites is 1. The number of nitrogens with zero attached hydrogens (tertiary/aromatic N) is 2. The second kappa shape index (κ2) is 8.25. The van der Waals surface area contributed by atoms with Crippen LogP contribution in [0.3, 0.4) is 0 Å². The monoisotopic (exact) mass is 446 g/mol. The predicted molar refractivity (Wildman–Crippen MR) is 135 cm³/mol. The lowest BCUT2D eigenvalue weighted by atomic mass is 9.79. The lowest BCUT2D eigenvalue weighted by Crippen LogP contribution is -2.53. The molecule has 0 saturated heterocycles. The van der Waals surface area contributed by atoms with E-state index in [1.54, 1.807) is 0 Å². The van der Waals surface area contributed by atoms with Gasteiger partial charge >= 0.3 is 0 Å². The fourth-order valence-corrected chi connectivity index (χ4v) is 5.62. The Morgan fingerprint density at radius 1 is 0.853 bits per heavy atom. The van der Waals surface area contributed by atoms with Crippen LogP contribution in [-0.2, 0) is 0 Å². The van der Waals surface area contributed by atoms with Gasteiger partial charge in [-0.25, -0.2) is 0 Å². The Morgan fingerprint density at radius 2 is 1.62 bits per heavy atom. The van der Waals surface area contributed by atoms with Crippen LogP contribution in [0.5, 0.6) is 5.75 Å². The first kappa shape index (κ1) is 20.9. The summed E-state index contributed by atoms with van der Waals surface area (Å²) in [5.41, 5.74) is 8.59. The second-order valence-electron chi connectivity index (χ2n) is 9.63. The number of aromatic nitrogens is 2. The maximum Gasteiger partial charge on any atom is 0.249 e. The lowest BCUT2D eigenvalue weighted by Gasteiger charge is -2.30. The molecule has 4 aromatic rings. The summed E-state index contributed by atoms with van der Waals surface area (Å²) in [4.78, 5) is 0. The summed E-state index contributed by atoms with van der Waals surface area (Å²) in [5.74, 6) is 1.66. The topological polar surface area (TPSA) is 17.0 Å². The highest BCUT2D eigenvalue weighted by Gasteiger charge is 2.46. The first-order valence-corrected chi connectivity index (χ1v) is 12.2. The molecule has 0 bridgehead atoms. The first-order valence-electron chi connectivity index (χ1n) is 12.2. The largest absolute Gasteiger partial charge is 0.493 e. The van der Waals surface area contributed by atoms with Gasteiger partial charge in [0, 0.05) is 29.8 Å². The van der Waals surface area contributed by atoms with E-state index in [0.717, 1.165) is 29.1 Å². The number of benzene rings is 2. The Balaban J connectivity index is 1.61. The predicted octanol–water partition coefficient (Wildman–Crippen LogP) is 6.31. The zero-order valence-electron chi connectivity index (χ0n) is 19.8. The molecule has 4 heterocycles. The zero-order valence-corrected chi connectivity index (χ0v) is 19.8. The molecule has 0 amide bonds. The summed E-state index contributed by atoms with van der Waals surface area (Å²) in [7, 11) is 0. The molecule has 2 aliphatic heterocycles. The van der Waals surface area contributed by atoms with Crippen molar-refractivity contribution in [2.45, 2.75) is 38.1 Å². The number of rotatable bonds is 1. The van der Waals surface area contributed by atoms with Crippen molar-refractivity contribution in [3.05, 3.63) is 109 Å². The molecule has 2 aromatic heterocycles. The van der Waals surface area contributed by atoms with Crippen LogP contribution < -0.4 is 13.9 Å². The molecule has 0 aliphatic carbocycles. The van der Waals surface area contributed by atoms with Gasteiger partial charge in [0.1, 0.15) is 5.75 Å². The molecule has 3 nitrogen and oxygen atoms in total. The third-order valence-electron chi connectivity index (χ3n) is 7.35. The molecule has 34 heavy (non-hydrogen) atoms. The van der Waals surface area contributed by atoms with Crippen LogP contribution in [0, 0.1) is 0 Å². The third-order valence-corrected chi connectivity index (χ3v) is 7.35. The van der Waals surface area contributed by atoms with Crippen LogP contribution in [0.1, 0.15) is 49.3 Å². The maximum absolute atomic E-state index is 6.41. The Hall–Kier alpha value is -3.72. The molecule has 0 fully saturated rings. The van der Waals surface area contributed by atoms with E-state index in [4.69, 9.17) is 11.3 Å². The van der Waals surface area contributed by atoms with E-state index >= 15 is 0 Å². The number of ether oxygens (including phenoxy) is 1. The maximum atomic E-state index is 6.41. The Labute approximate surface area is 201 Å². The summed E-state index contributed by atoms with van der Waals surface area (Å²) in [6.45, 7) is 9.89. The van der Waals surface area contributed by atoms with Crippen molar-refractivity contribution in [1.29, 1.82) is 0 Å². The molecule has 168 valence electrons. The quantitative estimate of drug-likeness (QED) is 0.313. The standard InChI is InChI=1S/C31H30N2O/c1-21(2)23-15-18-33-29(20-23)25-11-5-4-10-24(25)26-16-19-34-30-14-7-6-12-27(30)28-13-8-9-17-32(28)22(3)31(26)33/h4-15,17-18,20-21,26,31H,3,16,19H2,1-2H3/q+2. The molecule has 0 saturated carbocycles. The van der Waals surface area contributed by atoms with Crippen molar-refractivity contribution in [2.24, 2.45) is 0 Å². The van der Waals surface area contributed by atoms with Gasteiger partial charge in [0.25, 0.3) is 0 Å². The number of hydrogen-bond acceptors (Lipinski definition) is 1. The normalized spacial score (nSPS) is 18.6. The second-order valence-corrected chi connectivity index (χ2v) is 9.63. The van der Waals surface area contributed by atoms with Crippen LogP contribution in [-0.4, -0.2) is 6.61 Å². The van der Waals surface area contributed by atoms with Gasteiger partial charge in [0.15, 0.2) is 12.4 Å². The SMILES string of the molecule is C=C1C2C(CCOc3ccccc3-c3cccc[n+]31)c1ccccc1-c1cc(C(C)C)cc[n+]12. The van der Waals surface area contributed by atoms with Crippen LogP contribution in [0.2, 0.25) is 0 Å².